The number of nitrogens with zero attached hydrogens (tertiary/aromatic N) is 2. The molecule has 0 spiro atoms. The van der Waals surface area contributed by atoms with E-state index in [1.165, 1.54) is 11.1 Å². The summed E-state index contributed by atoms with van der Waals surface area (Å²) >= 11 is 5.97. The van der Waals surface area contributed by atoms with Crippen LogP contribution >= 0.6 is 11.6 Å². The second-order valence-electron chi connectivity index (χ2n) is 5.97. The van der Waals surface area contributed by atoms with Gasteiger partial charge in [-0.2, -0.15) is 0 Å². The molecule has 0 saturated carbocycles. The summed E-state index contributed by atoms with van der Waals surface area (Å²) in [5.74, 6) is 0. The first-order valence-corrected chi connectivity index (χ1v) is 8.48. The summed E-state index contributed by atoms with van der Waals surface area (Å²) in [5, 5.41) is 0.778. The van der Waals surface area contributed by atoms with Crippen molar-refractivity contribution in [3.63, 3.8) is 0 Å². The number of pyridine rings is 1. The van der Waals surface area contributed by atoms with Gasteiger partial charge < -0.3 is 4.74 Å². The molecule has 124 valence electrons. The van der Waals surface area contributed by atoms with Gasteiger partial charge in [-0.25, -0.2) is 0 Å². The summed E-state index contributed by atoms with van der Waals surface area (Å²) in [6.07, 6.45) is 5.01. The highest BCUT2D eigenvalue weighted by molar-refractivity contribution is 6.30. The molecule has 0 radical (unpaired) electrons. The van der Waals surface area contributed by atoms with E-state index in [9.17, 15) is 0 Å². The topological polar surface area (TPSA) is 25.4 Å². The third kappa shape index (κ3) is 7.12. The maximum Gasteiger partial charge on any atom is 0.0518 e. The molecule has 0 N–H and O–H groups in total. The number of hydrogen-bond donors (Lipinski definition) is 0. The van der Waals surface area contributed by atoms with E-state index in [1.807, 2.05) is 24.5 Å². The van der Waals surface area contributed by atoms with Gasteiger partial charge in [0.05, 0.1) is 6.10 Å². The predicted octanol–water partition coefficient (Wildman–Crippen LogP) is 4.55. The van der Waals surface area contributed by atoms with Gasteiger partial charge in [0.2, 0.25) is 0 Å². The number of aromatic nitrogens is 1. The van der Waals surface area contributed by atoms with Crippen molar-refractivity contribution in [2.24, 2.45) is 0 Å². The molecular formula is C19H25ClN2O. The number of hydrogen-bond acceptors (Lipinski definition) is 3. The lowest BCUT2D eigenvalue weighted by molar-refractivity contribution is 0.0693. The molecule has 1 heterocycles. The zero-order valence-corrected chi connectivity index (χ0v) is 14.7. The molecule has 23 heavy (non-hydrogen) atoms. The van der Waals surface area contributed by atoms with Crippen LogP contribution in [0.15, 0.2) is 48.8 Å². The van der Waals surface area contributed by atoms with Crippen molar-refractivity contribution >= 4 is 11.6 Å². The lowest BCUT2D eigenvalue weighted by atomic mass is 10.2. The summed E-state index contributed by atoms with van der Waals surface area (Å²) in [7, 11) is 0. The molecule has 0 atom stereocenters. The first-order chi connectivity index (χ1) is 11.1. The third-order valence-electron chi connectivity index (χ3n) is 3.54. The Labute approximate surface area is 144 Å². The molecule has 0 fully saturated rings. The first-order valence-electron chi connectivity index (χ1n) is 8.11. The van der Waals surface area contributed by atoms with Crippen molar-refractivity contribution in [2.75, 3.05) is 13.2 Å². The molecule has 0 unspecified atom stereocenters. The van der Waals surface area contributed by atoms with Crippen molar-refractivity contribution < 1.29 is 4.74 Å². The fourth-order valence-electron chi connectivity index (χ4n) is 2.42. The van der Waals surface area contributed by atoms with E-state index < -0.39 is 0 Å². The number of rotatable bonds is 9. The summed E-state index contributed by atoms with van der Waals surface area (Å²) in [4.78, 5) is 6.52. The van der Waals surface area contributed by atoms with E-state index in [1.54, 1.807) is 0 Å². The van der Waals surface area contributed by atoms with Crippen LogP contribution in [-0.4, -0.2) is 29.1 Å². The van der Waals surface area contributed by atoms with Gasteiger partial charge in [0.15, 0.2) is 0 Å². The molecule has 0 saturated heterocycles. The van der Waals surface area contributed by atoms with Crippen LogP contribution in [0.2, 0.25) is 5.02 Å². The molecule has 0 aliphatic carbocycles. The van der Waals surface area contributed by atoms with Gasteiger partial charge >= 0.3 is 0 Å². The highest BCUT2D eigenvalue weighted by atomic mass is 35.5. The minimum atomic E-state index is 0.292. The first kappa shape index (κ1) is 17.9. The Bertz CT molecular complexity index is 557. The third-order valence-corrected chi connectivity index (χ3v) is 3.80. The van der Waals surface area contributed by atoms with E-state index in [4.69, 9.17) is 16.3 Å². The van der Waals surface area contributed by atoms with Crippen LogP contribution in [0.1, 0.15) is 31.4 Å². The fourth-order valence-corrected chi connectivity index (χ4v) is 2.54. The van der Waals surface area contributed by atoms with Gasteiger partial charge in [-0.3, -0.25) is 9.88 Å². The van der Waals surface area contributed by atoms with E-state index in [2.05, 4.69) is 48.0 Å². The van der Waals surface area contributed by atoms with Crippen molar-refractivity contribution in [1.29, 1.82) is 0 Å². The highest BCUT2D eigenvalue weighted by Gasteiger charge is 2.08. The summed E-state index contributed by atoms with van der Waals surface area (Å²) in [6, 6.07) is 12.2. The van der Waals surface area contributed by atoms with Gasteiger partial charge in [0, 0.05) is 43.7 Å². The van der Waals surface area contributed by atoms with Gasteiger partial charge in [-0.05, 0) is 55.7 Å². The monoisotopic (exact) mass is 332 g/mol. The molecule has 0 bridgehead atoms. The lowest BCUT2D eigenvalue weighted by Crippen LogP contribution is -2.25. The maximum absolute atomic E-state index is 5.97. The standard InChI is InChI=1S/C19H25ClN2O/c1-16(2)23-13-3-12-22(15-18-8-10-21-11-9-18)14-17-4-6-19(20)7-5-17/h4-11,16H,3,12-15H2,1-2H3. The van der Waals surface area contributed by atoms with Crippen LogP contribution in [0.5, 0.6) is 0 Å². The Morgan fingerprint density at radius 2 is 1.61 bits per heavy atom. The van der Waals surface area contributed by atoms with E-state index in [0.717, 1.165) is 37.7 Å². The van der Waals surface area contributed by atoms with E-state index >= 15 is 0 Å². The zero-order chi connectivity index (χ0) is 16.5. The lowest BCUT2D eigenvalue weighted by Gasteiger charge is -2.23. The van der Waals surface area contributed by atoms with Gasteiger partial charge in [0.1, 0.15) is 0 Å². The van der Waals surface area contributed by atoms with Crippen molar-refractivity contribution in [2.45, 2.75) is 39.5 Å². The average Bonchev–Trinajstić information content (AvgIpc) is 2.54. The minimum absolute atomic E-state index is 0.292. The van der Waals surface area contributed by atoms with Crippen LogP contribution in [0.25, 0.3) is 0 Å². The van der Waals surface area contributed by atoms with E-state index in [-0.39, 0.29) is 0 Å². The Morgan fingerprint density at radius 1 is 1.00 bits per heavy atom. The summed E-state index contributed by atoms with van der Waals surface area (Å²) < 4.78 is 5.65. The molecule has 0 amide bonds. The average molecular weight is 333 g/mol. The maximum atomic E-state index is 5.97. The Hall–Kier alpha value is -1.42. The molecule has 3 nitrogen and oxygen atoms in total. The summed E-state index contributed by atoms with van der Waals surface area (Å²) in [6.45, 7) is 7.75. The van der Waals surface area contributed by atoms with Crippen molar-refractivity contribution in [1.82, 2.24) is 9.88 Å². The fraction of sp³-hybridized carbons (Fsp3) is 0.421. The van der Waals surface area contributed by atoms with Crippen LogP contribution in [0.4, 0.5) is 0 Å². The molecule has 1 aromatic carbocycles. The quantitative estimate of drug-likeness (QED) is 0.630. The van der Waals surface area contributed by atoms with Crippen LogP contribution < -0.4 is 0 Å². The summed E-state index contributed by atoms with van der Waals surface area (Å²) in [5.41, 5.74) is 2.55. The van der Waals surface area contributed by atoms with Gasteiger partial charge in [-0.1, -0.05) is 23.7 Å². The van der Waals surface area contributed by atoms with Crippen molar-refractivity contribution in [3.8, 4) is 0 Å². The minimum Gasteiger partial charge on any atom is -0.379 e. The van der Waals surface area contributed by atoms with Crippen LogP contribution in [0.3, 0.4) is 0 Å². The SMILES string of the molecule is CC(C)OCCCN(Cc1ccncc1)Cc1ccc(Cl)cc1. The zero-order valence-electron chi connectivity index (χ0n) is 13.9. The highest BCUT2D eigenvalue weighted by Crippen LogP contribution is 2.14. The van der Waals surface area contributed by atoms with Crippen molar-refractivity contribution in [3.05, 3.63) is 64.9 Å². The molecule has 1 aromatic heterocycles. The Kier molecular flexibility index (Phi) is 7.53. The molecule has 4 heteroatoms. The molecule has 2 rings (SSSR count). The second-order valence-corrected chi connectivity index (χ2v) is 6.40. The molecular weight excluding hydrogens is 308 g/mol. The molecule has 0 aliphatic rings. The smallest absolute Gasteiger partial charge is 0.0518 e. The van der Waals surface area contributed by atoms with E-state index in [0.29, 0.717) is 6.10 Å². The number of ether oxygens (including phenoxy) is 1. The normalized spacial score (nSPS) is 11.3. The Morgan fingerprint density at radius 3 is 2.22 bits per heavy atom. The van der Waals surface area contributed by atoms with Gasteiger partial charge in [-0.15, -0.1) is 0 Å². The Balaban J connectivity index is 1.94. The number of halogens is 1. The molecule has 0 aliphatic heterocycles. The van der Waals surface area contributed by atoms with Crippen LogP contribution in [-0.2, 0) is 17.8 Å². The van der Waals surface area contributed by atoms with Gasteiger partial charge in [0.25, 0.3) is 0 Å². The largest absolute Gasteiger partial charge is 0.379 e. The molecule has 2 aromatic rings. The number of benzene rings is 1. The predicted molar refractivity (Wildman–Crippen MR) is 95.5 cm³/mol. The second kappa shape index (κ2) is 9.66. The van der Waals surface area contributed by atoms with Crippen LogP contribution in [0, 0.1) is 0 Å².